The third-order valence-corrected chi connectivity index (χ3v) is 7.05. The molecule has 2 aromatic heterocycles. The first-order valence-corrected chi connectivity index (χ1v) is 12.0. The van der Waals surface area contributed by atoms with Crippen LogP contribution in [0.3, 0.4) is 0 Å². The van der Waals surface area contributed by atoms with Crippen LogP contribution in [0.2, 0.25) is 0 Å². The van der Waals surface area contributed by atoms with Crippen molar-refractivity contribution in [2.45, 2.75) is 37.9 Å². The minimum atomic E-state index is -0.212. The van der Waals surface area contributed by atoms with Crippen molar-refractivity contribution < 1.29 is 4.79 Å². The molecular formula is C25H25N5O2S. The summed E-state index contributed by atoms with van der Waals surface area (Å²) < 4.78 is 3.40. The number of benzene rings is 2. The molecule has 7 nitrogen and oxygen atoms in total. The molecule has 168 valence electrons. The monoisotopic (exact) mass is 459 g/mol. The van der Waals surface area contributed by atoms with Gasteiger partial charge in [0.2, 0.25) is 5.91 Å². The molecule has 5 rings (SSSR count). The fourth-order valence-corrected chi connectivity index (χ4v) is 5.41. The fraction of sp³-hybridized carbons (Fsp3) is 0.280. The standard InChI is InChI=1S/C25H25N5O2S/c1-16-8-9-21(17(2)12-16)30-23-20(14-27-30)24(32)29-19(15-33-25(29)28-23)13-22(31)26-11-10-18-6-4-3-5-7-18/h3-9,12,14,19H,10-11,13,15H2,1-2H3,(H,26,31). The topological polar surface area (TPSA) is 81.8 Å². The Balaban J connectivity index is 1.36. The summed E-state index contributed by atoms with van der Waals surface area (Å²) in [4.78, 5) is 30.6. The highest BCUT2D eigenvalue weighted by Crippen LogP contribution is 2.33. The van der Waals surface area contributed by atoms with Gasteiger partial charge in [-0.25, -0.2) is 9.67 Å². The first-order valence-electron chi connectivity index (χ1n) is 11.0. The highest BCUT2D eigenvalue weighted by atomic mass is 32.2. The van der Waals surface area contributed by atoms with Gasteiger partial charge >= 0.3 is 0 Å². The molecule has 33 heavy (non-hydrogen) atoms. The maximum Gasteiger partial charge on any atom is 0.265 e. The third kappa shape index (κ3) is 4.18. The number of nitrogens with zero attached hydrogens (tertiary/aromatic N) is 4. The first-order chi connectivity index (χ1) is 16.0. The number of thioether (sulfide) groups is 1. The van der Waals surface area contributed by atoms with Crippen LogP contribution in [0.25, 0.3) is 16.7 Å². The Morgan fingerprint density at radius 1 is 1.18 bits per heavy atom. The molecule has 2 aromatic carbocycles. The van der Waals surface area contributed by atoms with Gasteiger partial charge in [0.1, 0.15) is 5.39 Å². The van der Waals surface area contributed by atoms with Crippen molar-refractivity contribution in [1.29, 1.82) is 0 Å². The van der Waals surface area contributed by atoms with E-state index in [0.717, 1.165) is 17.7 Å². The van der Waals surface area contributed by atoms with Crippen molar-refractivity contribution in [2.24, 2.45) is 0 Å². The molecule has 4 aromatic rings. The molecule has 1 amide bonds. The lowest BCUT2D eigenvalue weighted by atomic mass is 10.1. The molecule has 1 aliphatic heterocycles. The largest absolute Gasteiger partial charge is 0.356 e. The van der Waals surface area contributed by atoms with Crippen molar-refractivity contribution in [1.82, 2.24) is 24.6 Å². The molecule has 0 saturated carbocycles. The SMILES string of the molecule is Cc1ccc(-n2ncc3c(=O)n4c(nc32)SCC4CC(=O)NCCc2ccccc2)c(C)c1. The lowest BCUT2D eigenvalue weighted by molar-refractivity contribution is -0.121. The van der Waals surface area contributed by atoms with Crippen LogP contribution in [0, 0.1) is 13.8 Å². The zero-order valence-corrected chi connectivity index (χ0v) is 19.4. The second kappa shape index (κ2) is 8.86. The van der Waals surface area contributed by atoms with E-state index in [1.807, 2.05) is 56.3 Å². The van der Waals surface area contributed by atoms with Crippen LogP contribution >= 0.6 is 11.8 Å². The summed E-state index contributed by atoms with van der Waals surface area (Å²) in [7, 11) is 0. The molecule has 1 N–H and O–H groups in total. The van der Waals surface area contributed by atoms with Gasteiger partial charge in [0, 0.05) is 18.7 Å². The Hall–Kier alpha value is -3.39. The molecule has 0 aliphatic carbocycles. The fourth-order valence-electron chi connectivity index (χ4n) is 4.28. The normalized spacial score (nSPS) is 15.0. The summed E-state index contributed by atoms with van der Waals surface area (Å²) in [5.41, 5.74) is 4.74. The van der Waals surface area contributed by atoms with Crippen LogP contribution in [0.5, 0.6) is 0 Å². The predicted molar refractivity (Wildman–Crippen MR) is 130 cm³/mol. The van der Waals surface area contributed by atoms with Crippen molar-refractivity contribution >= 4 is 28.7 Å². The van der Waals surface area contributed by atoms with E-state index in [4.69, 9.17) is 4.98 Å². The minimum absolute atomic E-state index is 0.0534. The van der Waals surface area contributed by atoms with Crippen LogP contribution in [0.1, 0.15) is 29.2 Å². The molecule has 0 radical (unpaired) electrons. The number of carbonyl (C=O) groups is 1. The second-order valence-corrected chi connectivity index (χ2v) is 9.39. The Labute approximate surface area is 195 Å². The Bertz CT molecular complexity index is 1390. The van der Waals surface area contributed by atoms with Gasteiger partial charge in [0.15, 0.2) is 10.8 Å². The molecule has 8 heteroatoms. The van der Waals surface area contributed by atoms with Gasteiger partial charge in [-0.2, -0.15) is 5.10 Å². The van der Waals surface area contributed by atoms with Gasteiger partial charge in [-0.15, -0.1) is 0 Å². The third-order valence-electron chi connectivity index (χ3n) is 5.95. The zero-order valence-electron chi connectivity index (χ0n) is 18.6. The molecule has 0 fully saturated rings. The van der Waals surface area contributed by atoms with Crippen molar-refractivity contribution in [3.05, 3.63) is 81.8 Å². The second-order valence-electron chi connectivity index (χ2n) is 8.41. The maximum absolute atomic E-state index is 13.3. The summed E-state index contributed by atoms with van der Waals surface area (Å²) in [6.45, 7) is 4.64. The number of hydrogen-bond acceptors (Lipinski definition) is 5. The number of carbonyl (C=O) groups excluding carboxylic acids is 1. The van der Waals surface area contributed by atoms with E-state index in [1.54, 1.807) is 15.4 Å². The number of hydrogen-bond donors (Lipinski definition) is 1. The van der Waals surface area contributed by atoms with E-state index in [9.17, 15) is 9.59 Å². The quantitative estimate of drug-likeness (QED) is 0.446. The lowest BCUT2D eigenvalue weighted by Gasteiger charge is -2.14. The molecule has 1 unspecified atom stereocenters. The van der Waals surface area contributed by atoms with Crippen LogP contribution in [0.15, 0.2) is 64.7 Å². The molecule has 1 aliphatic rings. The van der Waals surface area contributed by atoms with Gasteiger partial charge in [-0.05, 0) is 37.5 Å². The van der Waals surface area contributed by atoms with E-state index in [-0.39, 0.29) is 23.9 Å². The molecule has 1 atom stereocenters. The van der Waals surface area contributed by atoms with E-state index < -0.39 is 0 Å². The predicted octanol–water partition coefficient (Wildman–Crippen LogP) is 3.59. The minimum Gasteiger partial charge on any atom is -0.356 e. The molecular weight excluding hydrogens is 434 g/mol. The lowest BCUT2D eigenvalue weighted by Crippen LogP contribution is -2.31. The van der Waals surface area contributed by atoms with Gasteiger partial charge in [0.05, 0.1) is 17.9 Å². The van der Waals surface area contributed by atoms with Gasteiger partial charge in [0.25, 0.3) is 5.56 Å². The van der Waals surface area contributed by atoms with Crippen LogP contribution < -0.4 is 10.9 Å². The summed E-state index contributed by atoms with van der Waals surface area (Å²) in [5.74, 6) is 0.597. The number of aromatic nitrogens is 4. The summed E-state index contributed by atoms with van der Waals surface area (Å²) in [6.07, 6.45) is 2.62. The zero-order chi connectivity index (χ0) is 22.9. The Kier molecular flexibility index (Phi) is 5.76. The van der Waals surface area contributed by atoms with Crippen LogP contribution in [0.4, 0.5) is 0 Å². The number of nitrogens with one attached hydrogen (secondary N) is 1. The smallest absolute Gasteiger partial charge is 0.265 e. The maximum atomic E-state index is 13.3. The number of rotatable bonds is 6. The van der Waals surface area contributed by atoms with Crippen molar-refractivity contribution in [3.63, 3.8) is 0 Å². The first kappa shape index (κ1) is 21.5. The number of aryl methyl sites for hydroxylation is 2. The van der Waals surface area contributed by atoms with Crippen molar-refractivity contribution in [2.75, 3.05) is 12.3 Å². The van der Waals surface area contributed by atoms with E-state index in [2.05, 4.69) is 16.5 Å². The van der Waals surface area contributed by atoms with Crippen molar-refractivity contribution in [3.8, 4) is 5.69 Å². The highest BCUT2D eigenvalue weighted by Gasteiger charge is 2.29. The molecule has 3 heterocycles. The Morgan fingerprint density at radius 2 is 2.00 bits per heavy atom. The number of fused-ring (bicyclic) bond motifs is 2. The molecule has 0 saturated heterocycles. The Morgan fingerprint density at radius 3 is 2.79 bits per heavy atom. The van der Waals surface area contributed by atoms with Gasteiger partial charge in [-0.1, -0.05) is 59.8 Å². The van der Waals surface area contributed by atoms with Crippen LogP contribution in [-0.4, -0.2) is 37.5 Å². The molecule has 0 spiro atoms. The van der Waals surface area contributed by atoms with E-state index in [0.29, 0.717) is 28.5 Å². The van der Waals surface area contributed by atoms with Gasteiger partial charge in [-0.3, -0.25) is 14.2 Å². The average Bonchev–Trinajstić information content (AvgIpc) is 3.40. The summed E-state index contributed by atoms with van der Waals surface area (Å²) >= 11 is 1.51. The summed E-state index contributed by atoms with van der Waals surface area (Å²) in [6, 6.07) is 16.0. The van der Waals surface area contributed by atoms with Gasteiger partial charge < -0.3 is 5.32 Å². The van der Waals surface area contributed by atoms with Crippen LogP contribution in [-0.2, 0) is 11.2 Å². The highest BCUT2D eigenvalue weighted by molar-refractivity contribution is 7.99. The van der Waals surface area contributed by atoms with E-state index >= 15 is 0 Å². The summed E-state index contributed by atoms with van der Waals surface area (Å²) in [5, 5.41) is 8.55. The average molecular weight is 460 g/mol. The van der Waals surface area contributed by atoms with E-state index in [1.165, 1.54) is 22.9 Å². The molecule has 0 bridgehead atoms. The number of amides is 1.